The van der Waals surface area contributed by atoms with Gasteiger partial charge >= 0.3 is 0 Å². The Morgan fingerprint density at radius 1 is 1.61 bits per heavy atom. The molecule has 1 aliphatic heterocycles. The predicted molar refractivity (Wildman–Crippen MR) is 68.9 cm³/mol. The van der Waals surface area contributed by atoms with Gasteiger partial charge in [-0.3, -0.25) is 0 Å². The lowest BCUT2D eigenvalue weighted by Gasteiger charge is -2.29. The molecule has 1 aromatic rings. The molecule has 96 valence electrons. The van der Waals surface area contributed by atoms with Crippen molar-refractivity contribution >= 4 is 11.6 Å². The first-order valence-electron chi connectivity index (χ1n) is 5.82. The number of hydrogen-bond acceptors (Lipinski definition) is 4. The molecule has 0 radical (unpaired) electrons. The van der Waals surface area contributed by atoms with Crippen molar-refractivity contribution < 1.29 is 9.47 Å². The van der Waals surface area contributed by atoms with Gasteiger partial charge in [-0.2, -0.15) is 5.26 Å². The zero-order valence-corrected chi connectivity index (χ0v) is 11.0. The quantitative estimate of drug-likeness (QED) is 0.839. The zero-order chi connectivity index (χ0) is 13.0. The number of hydrogen-bond donors (Lipinski definition) is 0. The summed E-state index contributed by atoms with van der Waals surface area (Å²) < 4.78 is 11.2. The van der Waals surface area contributed by atoms with Crippen LogP contribution in [0.1, 0.15) is 5.56 Å². The van der Waals surface area contributed by atoms with Gasteiger partial charge in [0.1, 0.15) is 30.1 Å². The maximum atomic E-state index is 9.02. The van der Waals surface area contributed by atoms with Gasteiger partial charge in [-0.15, -0.1) is 0 Å². The van der Waals surface area contributed by atoms with Crippen LogP contribution in [0.2, 0.25) is 5.02 Å². The smallest absolute Gasteiger partial charge is 0.138 e. The van der Waals surface area contributed by atoms with E-state index in [4.69, 9.17) is 26.3 Å². The standard InChI is InChI=1S/C13H15ClN2O2/c1-16-5-6-17-10(8-16)9-18-13-4-2-3-12(14)11(13)7-15/h2-4,10H,5-6,8-9H2,1H3. The van der Waals surface area contributed by atoms with Crippen LogP contribution in [0.3, 0.4) is 0 Å². The topological polar surface area (TPSA) is 45.5 Å². The fourth-order valence-corrected chi connectivity index (χ4v) is 2.09. The van der Waals surface area contributed by atoms with E-state index in [-0.39, 0.29) is 6.10 Å². The lowest BCUT2D eigenvalue weighted by molar-refractivity contribution is -0.0403. The molecule has 0 aliphatic carbocycles. The van der Waals surface area contributed by atoms with Crippen LogP contribution in [0.4, 0.5) is 0 Å². The highest BCUT2D eigenvalue weighted by Crippen LogP contribution is 2.25. The second-order valence-electron chi connectivity index (χ2n) is 4.29. The van der Waals surface area contributed by atoms with Crippen LogP contribution in [0.5, 0.6) is 5.75 Å². The van der Waals surface area contributed by atoms with Gasteiger partial charge in [0, 0.05) is 13.1 Å². The summed E-state index contributed by atoms with van der Waals surface area (Å²) in [7, 11) is 2.05. The van der Waals surface area contributed by atoms with Crippen LogP contribution in [-0.2, 0) is 4.74 Å². The molecule has 1 aromatic carbocycles. The first-order valence-corrected chi connectivity index (χ1v) is 6.20. The van der Waals surface area contributed by atoms with Crippen LogP contribution in [0.15, 0.2) is 18.2 Å². The fraction of sp³-hybridized carbons (Fsp3) is 0.462. The molecular formula is C13H15ClN2O2. The normalized spacial score (nSPS) is 20.4. The number of rotatable bonds is 3. The molecule has 1 atom stereocenters. The molecule has 0 aromatic heterocycles. The molecule has 0 amide bonds. The van der Waals surface area contributed by atoms with E-state index in [0.717, 1.165) is 13.1 Å². The van der Waals surface area contributed by atoms with Crippen molar-refractivity contribution in [3.63, 3.8) is 0 Å². The first kappa shape index (κ1) is 13.2. The number of likely N-dealkylation sites (N-methyl/N-ethyl adjacent to an activating group) is 1. The number of morpholine rings is 1. The molecule has 4 nitrogen and oxygen atoms in total. The van der Waals surface area contributed by atoms with Crippen LogP contribution in [-0.4, -0.2) is 44.4 Å². The van der Waals surface area contributed by atoms with Crippen molar-refractivity contribution in [2.45, 2.75) is 6.10 Å². The molecule has 0 saturated carbocycles. The molecule has 0 N–H and O–H groups in total. The summed E-state index contributed by atoms with van der Waals surface area (Å²) in [6.45, 7) is 2.92. The summed E-state index contributed by atoms with van der Waals surface area (Å²) in [4.78, 5) is 2.20. The molecule has 1 saturated heterocycles. The van der Waals surface area contributed by atoms with Crippen molar-refractivity contribution in [1.29, 1.82) is 5.26 Å². The second-order valence-corrected chi connectivity index (χ2v) is 4.70. The highest BCUT2D eigenvalue weighted by atomic mass is 35.5. The monoisotopic (exact) mass is 266 g/mol. The molecule has 5 heteroatoms. The Bertz CT molecular complexity index is 459. The Balaban J connectivity index is 1.98. The highest BCUT2D eigenvalue weighted by Gasteiger charge is 2.19. The van der Waals surface area contributed by atoms with Gasteiger partial charge in [-0.25, -0.2) is 0 Å². The van der Waals surface area contributed by atoms with E-state index < -0.39 is 0 Å². The van der Waals surface area contributed by atoms with Crippen molar-refractivity contribution in [3.05, 3.63) is 28.8 Å². The fourth-order valence-electron chi connectivity index (χ4n) is 1.88. The Morgan fingerprint density at radius 2 is 2.44 bits per heavy atom. The minimum absolute atomic E-state index is 0.0364. The van der Waals surface area contributed by atoms with E-state index in [1.54, 1.807) is 18.2 Å². The molecule has 0 spiro atoms. The van der Waals surface area contributed by atoms with E-state index in [1.165, 1.54) is 0 Å². The van der Waals surface area contributed by atoms with E-state index in [0.29, 0.717) is 29.5 Å². The van der Waals surface area contributed by atoms with Gasteiger partial charge in [0.25, 0.3) is 0 Å². The third kappa shape index (κ3) is 3.14. The molecule has 1 fully saturated rings. The molecule has 2 rings (SSSR count). The molecule has 1 heterocycles. The van der Waals surface area contributed by atoms with Crippen LogP contribution in [0.25, 0.3) is 0 Å². The lowest BCUT2D eigenvalue weighted by Crippen LogP contribution is -2.42. The SMILES string of the molecule is CN1CCOC(COc2cccc(Cl)c2C#N)C1. The maximum absolute atomic E-state index is 9.02. The molecule has 0 bridgehead atoms. The van der Waals surface area contributed by atoms with Crippen molar-refractivity contribution in [1.82, 2.24) is 4.90 Å². The summed E-state index contributed by atoms with van der Waals surface area (Å²) in [5, 5.41) is 9.44. The van der Waals surface area contributed by atoms with Gasteiger partial charge in [-0.05, 0) is 19.2 Å². The lowest BCUT2D eigenvalue weighted by atomic mass is 10.2. The van der Waals surface area contributed by atoms with Gasteiger partial charge < -0.3 is 14.4 Å². The van der Waals surface area contributed by atoms with Crippen LogP contribution < -0.4 is 4.74 Å². The highest BCUT2D eigenvalue weighted by molar-refractivity contribution is 6.31. The number of benzene rings is 1. The number of ether oxygens (including phenoxy) is 2. The van der Waals surface area contributed by atoms with Gasteiger partial charge in [-0.1, -0.05) is 17.7 Å². The molecule has 1 aliphatic rings. The second kappa shape index (κ2) is 6.05. The zero-order valence-electron chi connectivity index (χ0n) is 10.2. The summed E-state index contributed by atoms with van der Waals surface area (Å²) >= 11 is 5.93. The van der Waals surface area contributed by atoms with Gasteiger partial charge in [0.2, 0.25) is 0 Å². The Hall–Kier alpha value is -1.28. The van der Waals surface area contributed by atoms with Crippen molar-refractivity contribution in [2.75, 3.05) is 33.4 Å². The van der Waals surface area contributed by atoms with E-state index in [1.807, 2.05) is 0 Å². The largest absolute Gasteiger partial charge is 0.489 e. The van der Waals surface area contributed by atoms with Gasteiger partial charge in [0.15, 0.2) is 0 Å². The van der Waals surface area contributed by atoms with Crippen molar-refractivity contribution in [3.8, 4) is 11.8 Å². The summed E-state index contributed by atoms with van der Waals surface area (Å²) in [6.07, 6.45) is 0.0364. The Kier molecular flexibility index (Phi) is 4.43. The van der Waals surface area contributed by atoms with Gasteiger partial charge in [0.05, 0.1) is 11.6 Å². The summed E-state index contributed by atoms with van der Waals surface area (Å²) in [5.41, 5.74) is 0.378. The van der Waals surface area contributed by atoms with E-state index in [2.05, 4.69) is 18.0 Å². The Labute approximate surface area is 112 Å². The van der Waals surface area contributed by atoms with Crippen LogP contribution in [0, 0.1) is 11.3 Å². The van der Waals surface area contributed by atoms with E-state index in [9.17, 15) is 0 Å². The predicted octanol–water partition coefficient (Wildman–Crippen LogP) is 1.92. The van der Waals surface area contributed by atoms with E-state index >= 15 is 0 Å². The molecule has 18 heavy (non-hydrogen) atoms. The molecular weight excluding hydrogens is 252 g/mol. The third-order valence-corrected chi connectivity index (χ3v) is 3.17. The minimum atomic E-state index is 0.0364. The summed E-state index contributed by atoms with van der Waals surface area (Å²) in [6, 6.07) is 7.25. The minimum Gasteiger partial charge on any atom is -0.489 e. The summed E-state index contributed by atoms with van der Waals surface area (Å²) in [5.74, 6) is 0.516. The Morgan fingerprint density at radius 3 is 3.17 bits per heavy atom. The van der Waals surface area contributed by atoms with Crippen LogP contribution >= 0.6 is 11.6 Å². The average molecular weight is 267 g/mol. The molecule has 1 unspecified atom stereocenters. The number of nitrogens with zero attached hydrogens (tertiary/aromatic N) is 2. The number of halogens is 1. The average Bonchev–Trinajstić information content (AvgIpc) is 2.36. The number of nitriles is 1. The van der Waals surface area contributed by atoms with Crippen molar-refractivity contribution in [2.24, 2.45) is 0 Å². The first-order chi connectivity index (χ1) is 8.70. The third-order valence-electron chi connectivity index (χ3n) is 2.85. The maximum Gasteiger partial charge on any atom is 0.138 e.